The van der Waals surface area contributed by atoms with E-state index in [4.69, 9.17) is 16.3 Å². The molecule has 0 saturated carbocycles. The van der Waals surface area contributed by atoms with E-state index in [9.17, 15) is 14.7 Å². The lowest BCUT2D eigenvalue weighted by atomic mass is 10.1. The van der Waals surface area contributed by atoms with Crippen molar-refractivity contribution in [3.05, 3.63) is 52.8 Å². The minimum Gasteiger partial charge on any atom is -0.508 e. The summed E-state index contributed by atoms with van der Waals surface area (Å²) in [5.41, 5.74) is 1.10. The zero-order chi connectivity index (χ0) is 19.2. The molecular weight excluding hydrogens is 370 g/mol. The minimum absolute atomic E-state index is 0.000747. The van der Waals surface area contributed by atoms with Gasteiger partial charge >= 0.3 is 0 Å². The van der Waals surface area contributed by atoms with E-state index in [1.807, 2.05) is 0 Å². The first kappa shape index (κ1) is 19.1. The Morgan fingerprint density at radius 3 is 2.78 bits per heavy atom. The third-order valence-electron chi connectivity index (χ3n) is 4.23. The van der Waals surface area contributed by atoms with E-state index in [0.717, 1.165) is 12.8 Å². The van der Waals surface area contributed by atoms with Gasteiger partial charge in [0, 0.05) is 41.7 Å². The molecule has 7 nitrogen and oxygen atoms in total. The molecule has 0 spiro atoms. The van der Waals surface area contributed by atoms with Crippen LogP contribution in [0.1, 0.15) is 28.9 Å². The number of carbonyl (C=O) groups is 2. The van der Waals surface area contributed by atoms with Gasteiger partial charge in [0.1, 0.15) is 11.4 Å². The van der Waals surface area contributed by atoms with Gasteiger partial charge < -0.3 is 20.5 Å². The fourth-order valence-electron chi connectivity index (χ4n) is 2.81. The largest absolute Gasteiger partial charge is 0.508 e. The second kappa shape index (κ2) is 8.83. The lowest BCUT2D eigenvalue weighted by Gasteiger charge is -2.22. The highest BCUT2D eigenvalue weighted by atomic mass is 35.5. The van der Waals surface area contributed by atoms with Gasteiger partial charge in [-0.3, -0.25) is 14.6 Å². The van der Waals surface area contributed by atoms with Crippen molar-refractivity contribution in [1.29, 1.82) is 0 Å². The molecule has 2 aromatic rings. The number of hydrogen-bond donors (Lipinski definition) is 3. The Balaban J connectivity index is 1.62. The molecule has 0 bridgehead atoms. The summed E-state index contributed by atoms with van der Waals surface area (Å²) in [7, 11) is 0. The smallest absolute Gasteiger partial charge is 0.270 e. The lowest BCUT2D eigenvalue weighted by Crippen LogP contribution is -2.39. The molecule has 142 valence electrons. The molecule has 0 aliphatic carbocycles. The van der Waals surface area contributed by atoms with Crippen LogP contribution in [0.25, 0.3) is 0 Å². The molecule has 3 rings (SSSR count). The highest BCUT2D eigenvalue weighted by Crippen LogP contribution is 2.22. The fourth-order valence-corrected chi connectivity index (χ4v) is 3.00. The predicted molar refractivity (Wildman–Crippen MR) is 101 cm³/mol. The Morgan fingerprint density at radius 1 is 1.22 bits per heavy atom. The molecule has 0 unspecified atom stereocenters. The van der Waals surface area contributed by atoms with Crippen molar-refractivity contribution in [3.8, 4) is 5.75 Å². The number of aromatic nitrogens is 1. The van der Waals surface area contributed by atoms with Crippen LogP contribution in [-0.4, -0.2) is 41.2 Å². The summed E-state index contributed by atoms with van der Waals surface area (Å²) >= 11 is 5.89. The minimum atomic E-state index is -0.338. The van der Waals surface area contributed by atoms with E-state index < -0.39 is 0 Å². The number of carbonyl (C=O) groups excluding carboxylic acids is 2. The van der Waals surface area contributed by atoms with E-state index in [1.54, 1.807) is 12.1 Å². The SMILES string of the molecule is O=C(Cc1cc(Cl)ccc1O)Nc1ccnc(C(=O)NC2CCOCC2)c1. The van der Waals surface area contributed by atoms with Crippen molar-refractivity contribution < 1.29 is 19.4 Å². The number of benzene rings is 1. The number of rotatable bonds is 5. The van der Waals surface area contributed by atoms with Crippen molar-refractivity contribution in [2.24, 2.45) is 0 Å². The summed E-state index contributed by atoms with van der Waals surface area (Å²) in [5.74, 6) is -0.624. The molecule has 1 aromatic carbocycles. The molecule has 1 fully saturated rings. The highest BCUT2D eigenvalue weighted by Gasteiger charge is 2.18. The number of aromatic hydroxyl groups is 1. The van der Waals surface area contributed by atoms with Gasteiger partial charge in [0.2, 0.25) is 5.91 Å². The van der Waals surface area contributed by atoms with Crippen LogP contribution in [0.4, 0.5) is 5.69 Å². The van der Waals surface area contributed by atoms with E-state index in [-0.39, 0.29) is 35.7 Å². The maximum atomic E-state index is 12.3. The standard InChI is InChI=1S/C19H20ClN3O4/c20-13-1-2-17(24)12(9-13)10-18(25)22-15-3-6-21-16(11-15)19(26)23-14-4-7-27-8-5-14/h1-3,6,9,11,14,24H,4-5,7-8,10H2,(H,23,26)(H,21,22,25). The first-order chi connectivity index (χ1) is 13.0. The van der Waals surface area contributed by atoms with Crippen LogP contribution >= 0.6 is 11.6 Å². The number of halogens is 1. The number of nitrogens with one attached hydrogen (secondary N) is 2. The van der Waals surface area contributed by atoms with E-state index >= 15 is 0 Å². The Labute approximate surface area is 161 Å². The maximum absolute atomic E-state index is 12.3. The number of phenols is 1. The molecule has 1 aromatic heterocycles. The number of ether oxygens (including phenoxy) is 1. The van der Waals surface area contributed by atoms with Crippen LogP contribution in [0.2, 0.25) is 5.02 Å². The van der Waals surface area contributed by atoms with E-state index in [0.29, 0.717) is 29.5 Å². The van der Waals surface area contributed by atoms with Gasteiger partial charge in [-0.25, -0.2) is 0 Å². The van der Waals surface area contributed by atoms with Gasteiger partial charge in [-0.05, 0) is 43.2 Å². The van der Waals surface area contributed by atoms with Crippen molar-refractivity contribution in [2.75, 3.05) is 18.5 Å². The molecule has 2 amide bonds. The second-order valence-electron chi connectivity index (χ2n) is 6.29. The van der Waals surface area contributed by atoms with Crippen LogP contribution in [0.15, 0.2) is 36.5 Å². The summed E-state index contributed by atoms with van der Waals surface area (Å²) < 4.78 is 5.27. The van der Waals surface area contributed by atoms with Gasteiger partial charge in [0.25, 0.3) is 5.91 Å². The van der Waals surface area contributed by atoms with Crippen molar-refractivity contribution in [1.82, 2.24) is 10.3 Å². The van der Waals surface area contributed by atoms with E-state index in [1.165, 1.54) is 24.4 Å². The molecule has 8 heteroatoms. The molecule has 0 atom stereocenters. The zero-order valence-corrected chi connectivity index (χ0v) is 15.3. The van der Waals surface area contributed by atoms with Crippen molar-refractivity contribution in [2.45, 2.75) is 25.3 Å². The summed E-state index contributed by atoms with van der Waals surface area (Å²) in [6.07, 6.45) is 2.96. The van der Waals surface area contributed by atoms with Crippen molar-refractivity contribution >= 4 is 29.1 Å². The quantitative estimate of drug-likeness (QED) is 0.729. The van der Waals surface area contributed by atoms with E-state index in [2.05, 4.69) is 15.6 Å². The fraction of sp³-hybridized carbons (Fsp3) is 0.316. The number of anilines is 1. The zero-order valence-electron chi connectivity index (χ0n) is 14.6. The molecule has 1 aliphatic heterocycles. The average molecular weight is 390 g/mol. The van der Waals surface area contributed by atoms with Crippen molar-refractivity contribution in [3.63, 3.8) is 0 Å². The Kier molecular flexibility index (Phi) is 6.26. The topological polar surface area (TPSA) is 101 Å². The summed E-state index contributed by atoms with van der Waals surface area (Å²) in [6, 6.07) is 7.71. The first-order valence-electron chi connectivity index (χ1n) is 8.63. The van der Waals surface area contributed by atoms with Crippen LogP contribution in [0.5, 0.6) is 5.75 Å². The van der Waals surface area contributed by atoms with Crippen LogP contribution in [-0.2, 0) is 16.0 Å². The molecule has 0 radical (unpaired) electrons. The number of pyridine rings is 1. The maximum Gasteiger partial charge on any atom is 0.270 e. The van der Waals surface area contributed by atoms with Gasteiger partial charge in [0.05, 0.1) is 6.42 Å². The molecule has 1 aliphatic rings. The lowest BCUT2D eigenvalue weighted by molar-refractivity contribution is -0.115. The third-order valence-corrected chi connectivity index (χ3v) is 4.46. The summed E-state index contributed by atoms with van der Waals surface area (Å²) in [5, 5.41) is 15.9. The summed E-state index contributed by atoms with van der Waals surface area (Å²) in [6.45, 7) is 1.26. The monoisotopic (exact) mass is 389 g/mol. The summed E-state index contributed by atoms with van der Waals surface area (Å²) in [4.78, 5) is 28.7. The second-order valence-corrected chi connectivity index (χ2v) is 6.72. The van der Waals surface area contributed by atoms with Gasteiger partial charge in [-0.2, -0.15) is 0 Å². The van der Waals surface area contributed by atoms with Crippen LogP contribution < -0.4 is 10.6 Å². The Morgan fingerprint density at radius 2 is 2.00 bits per heavy atom. The van der Waals surface area contributed by atoms with Gasteiger partial charge in [-0.1, -0.05) is 11.6 Å². The Hall–Kier alpha value is -2.64. The van der Waals surface area contributed by atoms with Gasteiger partial charge in [0.15, 0.2) is 0 Å². The number of amides is 2. The third kappa shape index (κ3) is 5.42. The number of phenolic OH excluding ortho intramolecular Hbond substituents is 1. The highest BCUT2D eigenvalue weighted by molar-refractivity contribution is 6.30. The number of hydrogen-bond acceptors (Lipinski definition) is 5. The van der Waals surface area contributed by atoms with Crippen LogP contribution in [0, 0.1) is 0 Å². The van der Waals surface area contributed by atoms with Gasteiger partial charge in [-0.15, -0.1) is 0 Å². The number of nitrogens with zero attached hydrogens (tertiary/aromatic N) is 1. The first-order valence-corrected chi connectivity index (χ1v) is 9.01. The molecule has 27 heavy (non-hydrogen) atoms. The van der Waals surface area contributed by atoms with Crippen LogP contribution in [0.3, 0.4) is 0 Å². The molecule has 3 N–H and O–H groups in total. The average Bonchev–Trinajstić information content (AvgIpc) is 2.65. The normalized spacial score (nSPS) is 14.6. The predicted octanol–water partition coefficient (Wildman–Crippen LogP) is 2.53. The molecular formula is C19H20ClN3O4. The Bertz CT molecular complexity index is 837. The molecule has 2 heterocycles. The molecule has 1 saturated heterocycles.